The van der Waals surface area contributed by atoms with Crippen LogP contribution in [0.25, 0.3) is 0 Å². The first-order valence-corrected chi connectivity index (χ1v) is 11.6. The molecular weight excluding hydrogens is 426 g/mol. The zero-order valence-corrected chi connectivity index (χ0v) is 17.5. The fraction of sp³-hybridized carbons (Fsp3) is 0.333. The third-order valence-corrected chi connectivity index (χ3v) is 7.18. The van der Waals surface area contributed by atoms with E-state index in [9.17, 15) is 28.2 Å². The summed E-state index contributed by atoms with van der Waals surface area (Å²) >= 11 is 0. The predicted molar refractivity (Wildman–Crippen MR) is 109 cm³/mol. The van der Waals surface area contributed by atoms with E-state index in [2.05, 4.69) is 0 Å². The number of benzene rings is 1. The molecule has 0 radical (unpaired) electrons. The van der Waals surface area contributed by atoms with Gasteiger partial charge in [0.1, 0.15) is 0 Å². The lowest BCUT2D eigenvalue weighted by atomic mass is 9.94. The summed E-state index contributed by atoms with van der Waals surface area (Å²) in [7, 11) is -3.35. The van der Waals surface area contributed by atoms with Gasteiger partial charge in [0.05, 0.1) is 36.0 Å². The number of aliphatic hydroxyl groups excluding tert-OH is 1. The molecule has 2 N–H and O–H groups in total. The molecule has 1 aromatic carbocycles. The molecule has 1 aromatic heterocycles. The second-order valence-corrected chi connectivity index (χ2v) is 9.63. The monoisotopic (exact) mass is 447 g/mol. The van der Waals surface area contributed by atoms with Crippen LogP contribution in [-0.2, 0) is 14.6 Å². The highest BCUT2D eigenvalue weighted by Crippen LogP contribution is 2.44. The van der Waals surface area contributed by atoms with Crippen molar-refractivity contribution in [2.45, 2.75) is 25.4 Å². The summed E-state index contributed by atoms with van der Waals surface area (Å²) in [4.78, 5) is 27.4. The second-order valence-electron chi connectivity index (χ2n) is 7.40. The van der Waals surface area contributed by atoms with Crippen molar-refractivity contribution in [2.24, 2.45) is 0 Å². The average molecular weight is 447 g/mol. The molecule has 0 saturated carbocycles. The van der Waals surface area contributed by atoms with Crippen LogP contribution in [0.5, 0.6) is 11.5 Å². The number of rotatable bonds is 6. The highest BCUT2D eigenvalue weighted by Gasteiger charge is 2.49. The summed E-state index contributed by atoms with van der Waals surface area (Å²) < 4.78 is 34.7. The first-order chi connectivity index (χ1) is 14.7. The van der Waals surface area contributed by atoms with E-state index in [-0.39, 0.29) is 47.4 Å². The quantitative estimate of drug-likeness (QED) is 0.643. The van der Waals surface area contributed by atoms with Crippen LogP contribution in [0.1, 0.15) is 35.5 Å². The number of hydrogen-bond acceptors (Lipinski definition) is 8. The van der Waals surface area contributed by atoms with Crippen molar-refractivity contribution in [3.05, 3.63) is 59.3 Å². The normalized spacial score (nSPS) is 22.9. The molecule has 3 heterocycles. The van der Waals surface area contributed by atoms with Gasteiger partial charge in [0, 0.05) is 6.04 Å². The molecule has 31 heavy (non-hydrogen) atoms. The smallest absolute Gasteiger partial charge is 0.290 e. The molecule has 10 heteroatoms. The Morgan fingerprint density at radius 2 is 2.06 bits per heavy atom. The Labute approximate surface area is 178 Å². The van der Waals surface area contributed by atoms with E-state index in [1.165, 1.54) is 41.5 Å². The van der Waals surface area contributed by atoms with E-state index in [0.717, 1.165) is 0 Å². The van der Waals surface area contributed by atoms with Crippen LogP contribution in [-0.4, -0.2) is 59.4 Å². The largest absolute Gasteiger partial charge is 0.504 e. The van der Waals surface area contributed by atoms with E-state index < -0.39 is 39.4 Å². The number of furan rings is 1. The number of phenolic OH excluding ortho intramolecular Hbond substituents is 1. The van der Waals surface area contributed by atoms with Gasteiger partial charge in [-0.3, -0.25) is 9.59 Å². The summed E-state index contributed by atoms with van der Waals surface area (Å²) in [5.74, 6) is -2.66. The van der Waals surface area contributed by atoms with Gasteiger partial charge in [-0.2, -0.15) is 0 Å². The van der Waals surface area contributed by atoms with Crippen molar-refractivity contribution in [1.82, 2.24) is 4.90 Å². The summed E-state index contributed by atoms with van der Waals surface area (Å²) in [5.41, 5.74) is 0.176. The summed E-state index contributed by atoms with van der Waals surface area (Å²) in [6.45, 7) is 2.00. The number of carbonyl (C=O) groups is 2. The first kappa shape index (κ1) is 21.0. The molecule has 2 unspecified atom stereocenters. The average Bonchev–Trinajstić information content (AvgIpc) is 3.43. The number of phenols is 1. The summed E-state index contributed by atoms with van der Waals surface area (Å²) in [6.07, 6.45) is 1.49. The van der Waals surface area contributed by atoms with Crippen LogP contribution in [0.15, 0.2) is 52.3 Å². The molecule has 9 nitrogen and oxygen atoms in total. The number of aliphatic hydroxyl groups is 1. The van der Waals surface area contributed by atoms with Crippen LogP contribution in [0, 0.1) is 0 Å². The van der Waals surface area contributed by atoms with Crippen molar-refractivity contribution >= 4 is 21.5 Å². The minimum atomic E-state index is -3.35. The molecule has 0 bridgehead atoms. The van der Waals surface area contributed by atoms with Crippen LogP contribution in [0.2, 0.25) is 0 Å². The van der Waals surface area contributed by atoms with Gasteiger partial charge in [-0.25, -0.2) is 8.42 Å². The molecule has 2 atom stereocenters. The van der Waals surface area contributed by atoms with Gasteiger partial charge in [0.25, 0.3) is 5.91 Å². The molecular formula is C21H21NO8S. The molecule has 2 aliphatic heterocycles. The Bertz CT molecular complexity index is 1170. The minimum absolute atomic E-state index is 0.0657. The number of ketones is 1. The highest BCUT2D eigenvalue weighted by atomic mass is 32.2. The van der Waals surface area contributed by atoms with Gasteiger partial charge in [-0.05, 0) is 43.2 Å². The van der Waals surface area contributed by atoms with Crippen molar-refractivity contribution in [3.63, 3.8) is 0 Å². The van der Waals surface area contributed by atoms with Gasteiger partial charge >= 0.3 is 0 Å². The Morgan fingerprint density at radius 3 is 2.68 bits per heavy atom. The number of ether oxygens (including phenoxy) is 1. The number of amides is 1. The van der Waals surface area contributed by atoms with E-state index in [1.807, 2.05) is 0 Å². The molecule has 1 fully saturated rings. The van der Waals surface area contributed by atoms with Crippen LogP contribution < -0.4 is 4.74 Å². The highest BCUT2D eigenvalue weighted by molar-refractivity contribution is 7.91. The predicted octanol–water partition coefficient (Wildman–Crippen LogP) is 2.15. The van der Waals surface area contributed by atoms with E-state index in [4.69, 9.17) is 9.15 Å². The standard InChI is InChI=1S/C21H21NO8S/c1-2-29-16-10-12(5-6-14(16)23)18-17(19(24)15-4-3-8-30-15)20(25)21(26)22(18)13-7-9-31(27,28)11-13/h3-6,8,10,13,18,23,25H,2,7,9,11H2,1H3. The first-order valence-electron chi connectivity index (χ1n) is 9.73. The molecule has 2 aliphatic rings. The maximum Gasteiger partial charge on any atom is 0.290 e. The summed E-state index contributed by atoms with van der Waals surface area (Å²) in [6, 6.07) is 5.47. The third-order valence-electron chi connectivity index (χ3n) is 5.43. The van der Waals surface area contributed by atoms with Crippen molar-refractivity contribution in [2.75, 3.05) is 18.1 Å². The lowest BCUT2D eigenvalue weighted by Crippen LogP contribution is -2.41. The fourth-order valence-electron chi connectivity index (χ4n) is 4.07. The lowest BCUT2D eigenvalue weighted by Gasteiger charge is -2.31. The Hall–Kier alpha value is -3.27. The molecule has 0 aliphatic carbocycles. The maximum absolute atomic E-state index is 13.1. The number of sulfone groups is 1. The number of nitrogens with zero attached hydrogens (tertiary/aromatic N) is 1. The van der Waals surface area contributed by atoms with Crippen LogP contribution in [0.4, 0.5) is 0 Å². The Kier molecular flexibility index (Phi) is 5.26. The molecule has 2 aromatic rings. The molecule has 0 spiro atoms. The van der Waals surface area contributed by atoms with Gasteiger partial charge in [0.15, 0.2) is 32.9 Å². The SMILES string of the molecule is CCOc1cc(C2C(C(=O)c3ccco3)=C(O)C(=O)N2C2CCS(=O)(=O)C2)ccc1O. The van der Waals surface area contributed by atoms with Gasteiger partial charge in [0.2, 0.25) is 5.78 Å². The Balaban J connectivity index is 1.84. The van der Waals surface area contributed by atoms with Crippen molar-refractivity contribution < 1.29 is 37.4 Å². The van der Waals surface area contributed by atoms with Gasteiger partial charge < -0.3 is 24.3 Å². The Morgan fingerprint density at radius 1 is 1.29 bits per heavy atom. The van der Waals surface area contributed by atoms with Gasteiger partial charge in [-0.1, -0.05) is 6.07 Å². The van der Waals surface area contributed by atoms with Crippen LogP contribution in [0.3, 0.4) is 0 Å². The van der Waals surface area contributed by atoms with Crippen molar-refractivity contribution in [3.8, 4) is 11.5 Å². The molecule has 4 rings (SSSR count). The number of aromatic hydroxyl groups is 1. The number of Topliss-reactive ketones (excluding diaryl/α,β-unsaturated/α-hetero) is 1. The molecule has 1 amide bonds. The minimum Gasteiger partial charge on any atom is -0.504 e. The molecule has 1 saturated heterocycles. The number of hydrogen-bond donors (Lipinski definition) is 2. The van der Waals surface area contributed by atoms with E-state index in [0.29, 0.717) is 5.56 Å². The molecule has 164 valence electrons. The third kappa shape index (κ3) is 3.67. The number of carbonyl (C=O) groups excluding carboxylic acids is 2. The second kappa shape index (κ2) is 7.77. The van der Waals surface area contributed by atoms with E-state index >= 15 is 0 Å². The fourth-order valence-corrected chi connectivity index (χ4v) is 5.78. The van der Waals surface area contributed by atoms with Crippen LogP contribution >= 0.6 is 0 Å². The zero-order chi connectivity index (χ0) is 22.3. The van der Waals surface area contributed by atoms with E-state index in [1.54, 1.807) is 6.92 Å². The van der Waals surface area contributed by atoms with Gasteiger partial charge in [-0.15, -0.1) is 0 Å². The lowest BCUT2D eigenvalue weighted by molar-refractivity contribution is -0.131. The summed E-state index contributed by atoms with van der Waals surface area (Å²) in [5, 5.41) is 20.7. The zero-order valence-electron chi connectivity index (χ0n) is 16.6. The topological polar surface area (TPSA) is 134 Å². The van der Waals surface area contributed by atoms with Crippen molar-refractivity contribution in [1.29, 1.82) is 0 Å². The maximum atomic E-state index is 13.1.